The molecule has 1 saturated carbocycles. The number of nitrogens with zero attached hydrogens (tertiary/aromatic N) is 4. The van der Waals surface area contributed by atoms with Gasteiger partial charge in [0.1, 0.15) is 5.82 Å². The smallest absolute Gasteiger partial charge is 0.230 e. The fourth-order valence-corrected chi connectivity index (χ4v) is 2.88. The highest BCUT2D eigenvalue weighted by atomic mass is 19.1. The van der Waals surface area contributed by atoms with Crippen LogP contribution in [0, 0.1) is 11.7 Å². The number of benzene rings is 1. The van der Waals surface area contributed by atoms with Crippen LogP contribution in [0.3, 0.4) is 0 Å². The number of hydrogen-bond donors (Lipinski definition) is 1. The van der Waals surface area contributed by atoms with Crippen molar-refractivity contribution in [1.29, 1.82) is 0 Å². The van der Waals surface area contributed by atoms with Crippen molar-refractivity contribution >= 4 is 11.6 Å². The zero-order valence-corrected chi connectivity index (χ0v) is 12.2. The van der Waals surface area contributed by atoms with Gasteiger partial charge >= 0.3 is 0 Å². The Hall–Kier alpha value is -2.31. The first-order chi connectivity index (χ1) is 10.7. The highest BCUT2D eigenvalue weighted by Crippen LogP contribution is 2.28. The summed E-state index contributed by atoms with van der Waals surface area (Å²) in [6.07, 6.45) is 4.56. The van der Waals surface area contributed by atoms with Gasteiger partial charge in [-0.25, -0.2) is 4.39 Å². The van der Waals surface area contributed by atoms with Crippen LogP contribution in [0.4, 0.5) is 10.1 Å². The van der Waals surface area contributed by atoms with Crippen molar-refractivity contribution in [2.45, 2.75) is 32.1 Å². The van der Waals surface area contributed by atoms with E-state index < -0.39 is 0 Å². The molecule has 1 aromatic carbocycles. The quantitative estimate of drug-likeness (QED) is 0.918. The second-order valence-electron chi connectivity index (χ2n) is 5.53. The van der Waals surface area contributed by atoms with Crippen LogP contribution in [0.5, 0.6) is 0 Å². The van der Waals surface area contributed by atoms with Gasteiger partial charge in [0.05, 0.1) is 0 Å². The van der Waals surface area contributed by atoms with Crippen LogP contribution >= 0.6 is 0 Å². The minimum atomic E-state index is -0.310. The summed E-state index contributed by atoms with van der Waals surface area (Å²) in [4.78, 5) is 14.5. The number of hydrogen-bond acceptors (Lipinski definition) is 4. The molecular weight excluding hydrogens is 285 g/mol. The molecule has 0 radical (unpaired) electrons. The Balaban J connectivity index is 1.77. The second-order valence-corrected chi connectivity index (χ2v) is 5.53. The Kier molecular flexibility index (Phi) is 4.41. The molecule has 0 unspecified atom stereocenters. The Bertz CT molecular complexity index is 607. The summed E-state index contributed by atoms with van der Waals surface area (Å²) in [5.74, 6) is 0.421. The van der Waals surface area contributed by atoms with Crippen molar-refractivity contribution in [3.05, 3.63) is 35.9 Å². The lowest BCUT2D eigenvalue weighted by Crippen LogP contribution is -2.37. The lowest BCUT2D eigenvalue weighted by molar-refractivity contribution is -0.122. The van der Waals surface area contributed by atoms with Crippen LogP contribution < -0.4 is 4.90 Å². The van der Waals surface area contributed by atoms with Crippen LogP contribution in [0.2, 0.25) is 0 Å². The zero-order chi connectivity index (χ0) is 15.4. The molecule has 0 saturated heterocycles. The molecule has 3 rings (SSSR count). The number of tetrazole rings is 1. The van der Waals surface area contributed by atoms with Gasteiger partial charge in [0.25, 0.3) is 0 Å². The fourth-order valence-electron chi connectivity index (χ4n) is 2.88. The number of carbonyl (C=O) groups is 1. The third-order valence-corrected chi connectivity index (χ3v) is 4.06. The third kappa shape index (κ3) is 3.29. The molecule has 1 amide bonds. The summed E-state index contributed by atoms with van der Waals surface area (Å²) in [5, 5.41) is 13.7. The first-order valence-corrected chi connectivity index (χ1v) is 7.53. The monoisotopic (exact) mass is 303 g/mol. The van der Waals surface area contributed by atoms with Gasteiger partial charge in [0.2, 0.25) is 5.91 Å². The summed E-state index contributed by atoms with van der Waals surface area (Å²) < 4.78 is 13.1. The average Bonchev–Trinajstić information content (AvgIpc) is 3.22. The van der Waals surface area contributed by atoms with Gasteiger partial charge in [0.15, 0.2) is 5.82 Å². The molecular formula is C15H18FN5O. The molecule has 116 valence electrons. The number of H-pyrrole nitrogens is 1. The fraction of sp³-hybridized carbons (Fsp3) is 0.467. The minimum absolute atomic E-state index is 0.0651. The van der Waals surface area contributed by atoms with Crippen molar-refractivity contribution in [2.24, 2.45) is 5.92 Å². The second kappa shape index (κ2) is 6.64. The number of aromatic nitrogens is 4. The Labute approximate surface area is 127 Å². The Morgan fingerprint density at radius 2 is 2.00 bits per heavy atom. The molecule has 0 bridgehead atoms. The summed E-state index contributed by atoms with van der Waals surface area (Å²) >= 11 is 0. The molecule has 0 spiro atoms. The van der Waals surface area contributed by atoms with Crippen molar-refractivity contribution in [3.8, 4) is 0 Å². The van der Waals surface area contributed by atoms with E-state index in [9.17, 15) is 9.18 Å². The molecule has 2 aromatic rings. The molecule has 0 aliphatic heterocycles. The van der Waals surface area contributed by atoms with E-state index in [1.807, 2.05) is 0 Å². The highest BCUT2D eigenvalue weighted by Gasteiger charge is 2.28. The molecule has 6 nitrogen and oxygen atoms in total. The van der Waals surface area contributed by atoms with E-state index in [1.165, 1.54) is 12.1 Å². The van der Waals surface area contributed by atoms with Crippen molar-refractivity contribution < 1.29 is 9.18 Å². The van der Waals surface area contributed by atoms with Gasteiger partial charge in [-0.2, -0.15) is 5.21 Å². The van der Waals surface area contributed by atoms with E-state index in [-0.39, 0.29) is 17.6 Å². The van der Waals surface area contributed by atoms with Gasteiger partial charge in [0, 0.05) is 24.6 Å². The largest absolute Gasteiger partial charge is 0.312 e. The molecule has 1 heterocycles. The maximum atomic E-state index is 13.1. The summed E-state index contributed by atoms with van der Waals surface area (Å²) in [6.45, 7) is 0.459. The number of halogens is 1. The van der Waals surface area contributed by atoms with Gasteiger partial charge in [-0.05, 0) is 37.1 Å². The summed E-state index contributed by atoms with van der Waals surface area (Å²) in [5.41, 5.74) is 0.710. The predicted molar refractivity (Wildman–Crippen MR) is 78.6 cm³/mol. The SMILES string of the molecule is O=C(C1CCCC1)N(CCc1nn[nH]n1)c1ccc(F)cc1. The summed E-state index contributed by atoms with van der Waals surface area (Å²) in [7, 11) is 0. The van der Waals surface area contributed by atoms with E-state index in [0.29, 0.717) is 24.5 Å². The van der Waals surface area contributed by atoms with Crippen molar-refractivity contribution in [2.75, 3.05) is 11.4 Å². The Morgan fingerprint density at radius 3 is 2.64 bits per heavy atom. The average molecular weight is 303 g/mol. The zero-order valence-electron chi connectivity index (χ0n) is 12.2. The first kappa shape index (κ1) is 14.6. The molecule has 7 heteroatoms. The molecule has 1 N–H and O–H groups in total. The van der Waals surface area contributed by atoms with Gasteiger partial charge in [-0.1, -0.05) is 18.1 Å². The lowest BCUT2D eigenvalue weighted by atomic mass is 10.1. The highest BCUT2D eigenvalue weighted by molar-refractivity contribution is 5.95. The maximum absolute atomic E-state index is 13.1. The number of anilines is 1. The Morgan fingerprint density at radius 1 is 1.27 bits per heavy atom. The molecule has 0 atom stereocenters. The van der Waals surface area contributed by atoms with E-state index in [2.05, 4.69) is 20.6 Å². The standard InChI is InChI=1S/C15H18FN5O/c16-12-5-7-13(8-6-12)21(10-9-14-17-19-20-18-14)15(22)11-3-1-2-4-11/h5-8,11H,1-4,9-10H2,(H,17,18,19,20). The molecule has 1 aliphatic rings. The molecule has 22 heavy (non-hydrogen) atoms. The van der Waals surface area contributed by atoms with Crippen LogP contribution in [-0.4, -0.2) is 33.1 Å². The molecule has 1 fully saturated rings. The van der Waals surface area contributed by atoms with Crippen LogP contribution in [0.1, 0.15) is 31.5 Å². The third-order valence-electron chi connectivity index (χ3n) is 4.06. The van der Waals surface area contributed by atoms with Crippen molar-refractivity contribution in [3.63, 3.8) is 0 Å². The van der Waals surface area contributed by atoms with Gasteiger partial charge < -0.3 is 4.90 Å². The first-order valence-electron chi connectivity index (χ1n) is 7.53. The summed E-state index contributed by atoms with van der Waals surface area (Å²) in [6, 6.07) is 6.02. The van der Waals surface area contributed by atoms with E-state index in [1.54, 1.807) is 17.0 Å². The molecule has 1 aliphatic carbocycles. The number of rotatable bonds is 5. The molecule has 1 aromatic heterocycles. The maximum Gasteiger partial charge on any atom is 0.230 e. The van der Waals surface area contributed by atoms with Gasteiger partial charge in [-0.15, -0.1) is 10.2 Å². The van der Waals surface area contributed by atoms with E-state index >= 15 is 0 Å². The predicted octanol–water partition coefficient (Wildman–Crippen LogP) is 2.10. The van der Waals surface area contributed by atoms with Crippen LogP contribution in [-0.2, 0) is 11.2 Å². The number of nitrogens with one attached hydrogen (secondary N) is 1. The van der Waals surface area contributed by atoms with E-state index in [0.717, 1.165) is 25.7 Å². The number of aromatic amines is 1. The van der Waals surface area contributed by atoms with E-state index in [4.69, 9.17) is 0 Å². The van der Waals surface area contributed by atoms with Crippen molar-refractivity contribution in [1.82, 2.24) is 20.6 Å². The lowest BCUT2D eigenvalue weighted by Gasteiger charge is -2.25. The topological polar surface area (TPSA) is 74.8 Å². The normalized spacial score (nSPS) is 15.1. The van der Waals surface area contributed by atoms with Gasteiger partial charge in [-0.3, -0.25) is 4.79 Å². The minimum Gasteiger partial charge on any atom is -0.312 e. The van der Waals surface area contributed by atoms with Crippen LogP contribution in [0.15, 0.2) is 24.3 Å². The number of carbonyl (C=O) groups excluding carboxylic acids is 1. The number of amides is 1. The van der Waals surface area contributed by atoms with Crippen LogP contribution in [0.25, 0.3) is 0 Å².